The Labute approximate surface area is 107 Å². The third-order valence-corrected chi connectivity index (χ3v) is 2.92. The molecule has 0 aromatic carbocycles. The van der Waals surface area contributed by atoms with Gasteiger partial charge in [0, 0.05) is 13.0 Å². The maximum Gasteiger partial charge on any atom is 0.245 e. The molecule has 96 valence electrons. The molecule has 4 nitrogen and oxygen atoms in total. The van der Waals surface area contributed by atoms with Gasteiger partial charge in [0.05, 0.1) is 6.07 Å². The van der Waals surface area contributed by atoms with Crippen molar-refractivity contribution in [2.45, 2.75) is 32.1 Å². The first-order valence-corrected chi connectivity index (χ1v) is 6.18. The Bertz CT molecular complexity index is 405. The van der Waals surface area contributed by atoms with Gasteiger partial charge in [0.1, 0.15) is 0 Å². The van der Waals surface area contributed by atoms with Crippen LogP contribution in [0.25, 0.3) is 0 Å². The van der Waals surface area contributed by atoms with E-state index in [1.807, 2.05) is 0 Å². The number of hydrogen-bond acceptors (Lipinski definition) is 3. The number of amides is 1. The summed E-state index contributed by atoms with van der Waals surface area (Å²) in [4.78, 5) is 23.5. The minimum absolute atomic E-state index is 0.222. The molecule has 4 heteroatoms. The Balaban J connectivity index is 2.56. The summed E-state index contributed by atoms with van der Waals surface area (Å²) in [6.07, 6.45) is 7.91. The predicted molar refractivity (Wildman–Crippen MR) is 68.5 cm³/mol. The average molecular weight is 246 g/mol. The normalized spacial score (nSPS) is 16.1. The molecule has 0 unspecified atom stereocenters. The molecular weight excluding hydrogens is 228 g/mol. The standard InChI is InChI=1S/C14H18N2O2/c1-2-8-16-14(18)12(10-15)13(17)9-11-6-4-3-5-7-11/h2,6,12H,1,3-5,7-9H2,(H,16,18)/t12-/m1/s1. The first kappa shape index (κ1) is 14.2. The lowest BCUT2D eigenvalue weighted by atomic mass is 9.91. The second-order valence-corrected chi connectivity index (χ2v) is 4.35. The van der Waals surface area contributed by atoms with Gasteiger partial charge < -0.3 is 5.32 Å². The molecule has 0 saturated heterocycles. The van der Waals surface area contributed by atoms with Gasteiger partial charge in [0.15, 0.2) is 11.7 Å². The van der Waals surface area contributed by atoms with Gasteiger partial charge >= 0.3 is 0 Å². The number of carbonyl (C=O) groups excluding carboxylic acids is 2. The number of carbonyl (C=O) groups is 2. The maximum atomic E-state index is 11.9. The lowest BCUT2D eigenvalue weighted by Gasteiger charge is -2.13. The summed E-state index contributed by atoms with van der Waals surface area (Å²) < 4.78 is 0. The van der Waals surface area contributed by atoms with E-state index in [0.29, 0.717) is 0 Å². The van der Waals surface area contributed by atoms with E-state index in [4.69, 9.17) is 5.26 Å². The molecule has 1 aliphatic carbocycles. The van der Waals surface area contributed by atoms with Crippen molar-refractivity contribution in [3.63, 3.8) is 0 Å². The molecule has 0 spiro atoms. The van der Waals surface area contributed by atoms with Crippen molar-refractivity contribution in [3.05, 3.63) is 24.3 Å². The molecule has 0 saturated carbocycles. The van der Waals surface area contributed by atoms with Gasteiger partial charge in [-0.1, -0.05) is 17.7 Å². The molecule has 1 N–H and O–H groups in total. The molecule has 0 aromatic heterocycles. The predicted octanol–water partition coefficient (Wildman–Crippen LogP) is 1.89. The Kier molecular flexibility index (Phi) is 5.86. The molecule has 0 radical (unpaired) electrons. The van der Waals surface area contributed by atoms with Crippen molar-refractivity contribution >= 4 is 11.7 Å². The van der Waals surface area contributed by atoms with E-state index in [9.17, 15) is 9.59 Å². The van der Waals surface area contributed by atoms with Gasteiger partial charge in [0.25, 0.3) is 0 Å². The highest BCUT2D eigenvalue weighted by atomic mass is 16.2. The minimum Gasteiger partial charge on any atom is -0.351 e. The fourth-order valence-electron chi connectivity index (χ4n) is 1.94. The van der Waals surface area contributed by atoms with Gasteiger partial charge in [-0.05, 0) is 25.7 Å². The molecule has 1 atom stereocenters. The summed E-state index contributed by atoms with van der Waals surface area (Å²) in [5.74, 6) is -2.04. The van der Waals surface area contributed by atoms with Crippen LogP contribution in [-0.2, 0) is 9.59 Å². The molecule has 1 aliphatic rings. The number of nitrogens with zero attached hydrogens (tertiary/aromatic N) is 1. The van der Waals surface area contributed by atoms with Crippen LogP contribution in [0.2, 0.25) is 0 Å². The van der Waals surface area contributed by atoms with E-state index in [1.165, 1.54) is 6.08 Å². The number of allylic oxidation sites excluding steroid dienone is 2. The summed E-state index contributed by atoms with van der Waals surface area (Å²) in [5, 5.41) is 11.4. The van der Waals surface area contributed by atoms with Crippen LogP contribution >= 0.6 is 0 Å². The SMILES string of the molecule is C=CCNC(=O)[C@H](C#N)C(=O)CC1=CCCCC1. The third-order valence-electron chi connectivity index (χ3n) is 2.92. The van der Waals surface area contributed by atoms with Crippen LogP contribution in [0.5, 0.6) is 0 Å². The van der Waals surface area contributed by atoms with E-state index in [1.54, 1.807) is 6.07 Å². The topological polar surface area (TPSA) is 70.0 Å². The van der Waals surface area contributed by atoms with Crippen molar-refractivity contribution in [2.24, 2.45) is 5.92 Å². The highest BCUT2D eigenvalue weighted by molar-refractivity contribution is 6.04. The van der Waals surface area contributed by atoms with E-state index >= 15 is 0 Å². The molecule has 1 amide bonds. The van der Waals surface area contributed by atoms with Gasteiger partial charge in [-0.3, -0.25) is 9.59 Å². The van der Waals surface area contributed by atoms with Crippen LogP contribution < -0.4 is 5.32 Å². The molecule has 0 aliphatic heterocycles. The fraction of sp³-hybridized carbons (Fsp3) is 0.500. The zero-order valence-corrected chi connectivity index (χ0v) is 10.4. The largest absolute Gasteiger partial charge is 0.351 e. The molecule has 18 heavy (non-hydrogen) atoms. The first-order valence-electron chi connectivity index (χ1n) is 6.18. The fourth-order valence-corrected chi connectivity index (χ4v) is 1.94. The number of ketones is 1. The Morgan fingerprint density at radius 2 is 2.33 bits per heavy atom. The number of hydrogen-bond donors (Lipinski definition) is 1. The van der Waals surface area contributed by atoms with Crippen LogP contribution in [0.15, 0.2) is 24.3 Å². The van der Waals surface area contributed by atoms with Gasteiger partial charge in [-0.2, -0.15) is 5.26 Å². The van der Waals surface area contributed by atoms with Crippen LogP contribution in [0, 0.1) is 17.2 Å². The third kappa shape index (κ3) is 4.17. The number of nitrogens with one attached hydrogen (secondary N) is 1. The van der Waals surface area contributed by atoms with Crippen LogP contribution in [0.3, 0.4) is 0 Å². The number of nitriles is 1. The van der Waals surface area contributed by atoms with Crippen molar-refractivity contribution in [1.29, 1.82) is 5.26 Å². The van der Waals surface area contributed by atoms with Crippen LogP contribution in [0.4, 0.5) is 0 Å². The Hall–Kier alpha value is -1.89. The lowest BCUT2D eigenvalue weighted by molar-refractivity contribution is -0.131. The molecule has 0 aromatic rings. The lowest BCUT2D eigenvalue weighted by Crippen LogP contribution is -2.34. The summed E-state index contributed by atoms with van der Waals surface area (Å²) in [6, 6.07) is 1.78. The van der Waals surface area contributed by atoms with Crippen LogP contribution in [0.1, 0.15) is 32.1 Å². The van der Waals surface area contributed by atoms with E-state index < -0.39 is 11.8 Å². The van der Waals surface area contributed by atoms with Gasteiger partial charge in [0.2, 0.25) is 5.91 Å². The Morgan fingerprint density at radius 1 is 1.56 bits per heavy atom. The van der Waals surface area contributed by atoms with E-state index in [0.717, 1.165) is 31.3 Å². The monoisotopic (exact) mass is 246 g/mol. The summed E-state index contributed by atoms with van der Waals surface area (Å²) in [6.45, 7) is 3.74. The van der Waals surface area contributed by atoms with Crippen molar-refractivity contribution in [2.75, 3.05) is 6.54 Å². The van der Waals surface area contributed by atoms with Gasteiger partial charge in [-0.15, -0.1) is 6.58 Å². The highest BCUT2D eigenvalue weighted by Crippen LogP contribution is 2.21. The van der Waals surface area contributed by atoms with E-state index in [-0.39, 0.29) is 18.7 Å². The van der Waals surface area contributed by atoms with Crippen molar-refractivity contribution < 1.29 is 9.59 Å². The second kappa shape index (κ2) is 7.44. The molecule has 1 rings (SSSR count). The smallest absolute Gasteiger partial charge is 0.245 e. The average Bonchev–Trinajstić information content (AvgIpc) is 2.38. The minimum atomic E-state index is -1.20. The quantitative estimate of drug-likeness (QED) is 0.574. The second-order valence-electron chi connectivity index (χ2n) is 4.35. The Morgan fingerprint density at radius 3 is 2.89 bits per heavy atom. The van der Waals surface area contributed by atoms with E-state index in [2.05, 4.69) is 18.0 Å². The molecule has 0 bridgehead atoms. The van der Waals surface area contributed by atoms with Gasteiger partial charge in [-0.25, -0.2) is 0 Å². The molecular formula is C14H18N2O2. The zero-order chi connectivity index (χ0) is 13.4. The number of Topliss-reactive ketones (excluding diaryl/α,β-unsaturated/α-hetero) is 1. The molecule has 0 fully saturated rings. The maximum absolute atomic E-state index is 11.9. The number of rotatable bonds is 6. The summed E-state index contributed by atoms with van der Waals surface area (Å²) >= 11 is 0. The highest BCUT2D eigenvalue weighted by Gasteiger charge is 2.26. The van der Waals surface area contributed by atoms with Crippen LogP contribution in [-0.4, -0.2) is 18.2 Å². The zero-order valence-electron chi connectivity index (χ0n) is 10.4. The van der Waals surface area contributed by atoms with Crippen molar-refractivity contribution in [1.82, 2.24) is 5.32 Å². The molecule has 0 heterocycles. The summed E-state index contributed by atoms with van der Waals surface area (Å²) in [5.41, 5.74) is 1.06. The first-order chi connectivity index (χ1) is 8.69. The summed E-state index contributed by atoms with van der Waals surface area (Å²) in [7, 11) is 0. The van der Waals surface area contributed by atoms with Crippen molar-refractivity contribution in [3.8, 4) is 6.07 Å².